The second-order valence-corrected chi connectivity index (χ2v) is 13.1. The van der Waals surface area contributed by atoms with Gasteiger partial charge in [0.15, 0.2) is 0 Å². The van der Waals surface area contributed by atoms with E-state index in [1.807, 2.05) is 18.5 Å². The topological polar surface area (TPSA) is 29.0 Å². The summed E-state index contributed by atoms with van der Waals surface area (Å²) in [7, 11) is 0. The van der Waals surface area contributed by atoms with Gasteiger partial charge < -0.3 is 0 Å². The molecule has 3 nitrogen and oxygen atoms in total. The lowest BCUT2D eigenvalue weighted by Crippen LogP contribution is -2.15. The molecule has 0 atom stereocenters. The normalized spacial score (nSPS) is 11.3. The van der Waals surface area contributed by atoms with E-state index < -0.39 is 0 Å². The highest BCUT2D eigenvalue weighted by molar-refractivity contribution is 6.04. The van der Waals surface area contributed by atoms with E-state index in [0.717, 1.165) is 22.5 Å². The van der Waals surface area contributed by atoms with Gasteiger partial charge in [0.2, 0.25) is 5.95 Å². The van der Waals surface area contributed by atoms with Gasteiger partial charge >= 0.3 is 0 Å². The lowest BCUT2D eigenvalue weighted by molar-refractivity contribution is 0.919. The molecule has 0 fully saturated rings. The molecule has 0 spiro atoms. The van der Waals surface area contributed by atoms with Crippen LogP contribution in [0.25, 0.3) is 21.9 Å². The molecular weight excluding hydrogens is 583 g/mol. The summed E-state index contributed by atoms with van der Waals surface area (Å²) in [5.41, 5.74) is 16.3. The molecule has 0 N–H and O–H groups in total. The average Bonchev–Trinajstić information content (AvgIpc) is 3.08. The van der Waals surface area contributed by atoms with Gasteiger partial charge in [0.05, 0.1) is 5.69 Å². The summed E-state index contributed by atoms with van der Waals surface area (Å²) < 4.78 is 0. The SMILES string of the molecule is Cc1cc(C)c(C(c2ccc(N(c3ncccn3)c3ccc4ccccc4c3-c3ccccc3)cc2)c2c(C)cc(C)cc2C)c(C)c1. The Morgan fingerprint density at radius 3 is 1.65 bits per heavy atom. The second-order valence-electron chi connectivity index (χ2n) is 13.1. The van der Waals surface area contributed by atoms with E-state index in [0.29, 0.717) is 5.95 Å². The van der Waals surface area contributed by atoms with Crippen LogP contribution in [0.4, 0.5) is 17.3 Å². The highest BCUT2D eigenvalue weighted by atomic mass is 15.3. The molecule has 6 aromatic carbocycles. The first-order valence-electron chi connectivity index (χ1n) is 16.7. The van der Waals surface area contributed by atoms with E-state index >= 15 is 0 Å². The summed E-state index contributed by atoms with van der Waals surface area (Å²) in [4.78, 5) is 11.7. The molecule has 0 saturated carbocycles. The molecule has 0 radical (unpaired) electrons. The fraction of sp³-hybridized carbons (Fsp3) is 0.156. The van der Waals surface area contributed by atoms with Crippen molar-refractivity contribution in [2.75, 3.05) is 4.90 Å². The number of fused-ring (bicyclic) bond motifs is 1. The van der Waals surface area contributed by atoms with E-state index in [9.17, 15) is 0 Å². The third-order valence-electron chi connectivity index (χ3n) is 9.50. The number of benzene rings is 6. The van der Waals surface area contributed by atoms with Gasteiger partial charge in [-0.25, -0.2) is 9.97 Å². The molecule has 0 bridgehead atoms. The quantitative estimate of drug-likeness (QED) is 0.165. The highest BCUT2D eigenvalue weighted by Crippen LogP contribution is 2.45. The van der Waals surface area contributed by atoms with E-state index in [1.54, 1.807) is 0 Å². The minimum atomic E-state index is 0.0993. The molecular formula is C45H41N3. The van der Waals surface area contributed by atoms with Crippen LogP contribution in [0.2, 0.25) is 0 Å². The van der Waals surface area contributed by atoms with Crippen LogP contribution >= 0.6 is 0 Å². The lowest BCUT2D eigenvalue weighted by atomic mass is 9.77. The van der Waals surface area contributed by atoms with Crippen LogP contribution in [0.5, 0.6) is 0 Å². The van der Waals surface area contributed by atoms with Gasteiger partial charge in [0.1, 0.15) is 0 Å². The molecule has 7 aromatic rings. The molecule has 0 aliphatic heterocycles. The second kappa shape index (κ2) is 12.9. The molecule has 0 saturated heterocycles. The predicted molar refractivity (Wildman–Crippen MR) is 202 cm³/mol. The Morgan fingerprint density at radius 2 is 1.06 bits per heavy atom. The summed E-state index contributed by atoms with van der Waals surface area (Å²) in [5.74, 6) is 0.729. The Balaban J connectivity index is 1.44. The van der Waals surface area contributed by atoms with Crippen LogP contribution in [-0.2, 0) is 0 Å². The molecule has 0 amide bonds. The Kier molecular flexibility index (Phi) is 8.37. The van der Waals surface area contributed by atoms with Crippen LogP contribution in [0.15, 0.2) is 134 Å². The molecule has 0 aliphatic carbocycles. The van der Waals surface area contributed by atoms with Crippen molar-refractivity contribution in [3.8, 4) is 11.1 Å². The van der Waals surface area contributed by atoms with Crippen LogP contribution in [-0.4, -0.2) is 9.97 Å². The fourth-order valence-corrected chi connectivity index (χ4v) is 7.71. The van der Waals surface area contributed by atoms with Crippen LogP contribution in [0.3, 0.4) is 0 Å². The highest BCUT2D eigenvalue weighted by Gasteiger charge is 2.26. The molecule has 3 heteroatoms. The van der Waals surface area contributed by atoms with Crippen LogP contribution in [0, 0.1) is 41.5 Å². The maximum absolute atomic E-state index is 4.78. The minimum Gasteiger partial charge on any atom is -0.279 e. The number of hydrogen-bond donors (Lipinski definition) is 0. The van der Waals surface area contributed by atoms with Crippen LogP contribution in [0.1, 0.15) is 56.0 Å². The Labute approximate surface area is 284 Å². The number of rotatable bonds is 7. The number of nitrogens with zero attached hydrogens (tertiary/aromatic N) is 3. The predicted octanol–water partition coefficient (Wildman–Crippen LogP) is 11.8. The zero-order chi connectivity index (χ0) is 33.4. The summed E-state index contributed by atoms with van der Waals surface area (Å²) in [6.07, 6.45) is 3.63. The zero-order valence-electron chi connectivity index (χ0n) is 28.6. The molecule has 0 aliphatic rings. The van der Waals surface area contributed by atoms with E-state index in [2.05, 4.69) is 162 Å². The average molecular weight is 624 g/mol. The van der Waals surface area contributed by atoms with Crippen molar-refractivity contribution >= 4 is 28.1 Å². The van der Waals surface area contributed by atoms with Gasteiger partial charge in [0, 0.05) is 29.6 Å². The number of hydrogen-bond acceptors (Lipinski definition) is 3. The van der Waals surface area contributed by atoms with Gasteiger partial charge in [-0.1, -0.05) is 108 Å². The van der Waals surface area contributed by atoms with Gasteiger partial charge in [-0.05, 0) is 121 Å². The monoisotopic (exact) mass is 623 g/mol. The molecule has 48 heavy (non-hydrogen) atoms. The van der Waals surface area contributed by atoms with Gasteiger partial charge in [-0.2, -0.15) is 0 Å². The smallest absolute Gasteiger partial charge is 0.234 e. The fourth-order valence-electron chi connectivity index (χ4n) is 7.71. The van der Waals surface area contributed by atoms with Crippen molar-refractivity contribution in [1.29, 1.82) is 0 Å². The van der Waals surface area contributed by atoms with Crippen molar-refractivity contribution in [3.63, 3.8) is 0 Å². The summed E-state index contributed by atoms with van der Waals surface area (Å²) in [6.45, 7) is 13.4. The van der Waals surface area contributed by atoms with E-state index in [1.165, 1.54) is 60.8 Å². The van der Waals surface area contributed by atoms with Gasteiger partial charge in [0.25, 0.3) is 0 Å². The first-order chi connectivity index (χ1) is 23.3. The maximum atomic E-state index is 4.78. The molecule has 0 unspecified atom stereocenters. The minimum absolute atomic E-state index is 0.0993. The first kappa shape index (κ1) is 31.1. The van der Waals surface area contributed by atoms with Gasteiger partial charge in [-0.3, -0.25) is 4.90 Å². The Hall–Kier alpha value is -5.54. The molecule has 1 aromatic heterocycles. The molecule has 236 valence electrons. The molecule has 1 heterocycles. The lowest BCUT2D eigenvalue weighted by Gasteiger charge is -2.29. The van der Waals surface area contributed by atoms with Crippen molar-refractivity contribution in [1.82, 2.24) is 9.97 Å². The van der Waals surface area contributed by atoms with Crippen molar-refractivity contribution in [3.05, 3.63) is 184 Å². The third-order valence-corrected chi connectivity index (χ3v) is 9.50. The van der Waals surface area contributed by atoms with Crippen LogP contribution < -0.4 is 4.90 Å². The Bertz CT molecular complexity index is 2130. The van der Waals surface area contributed by atoms with E-state index in [-0.39, 0.29) is 5.92 Å². The summed E-state index contributed by atoms with van der Waals surface area (Å²) >= 11 is 0. The zero-order valence-corrected chi connectivity index (χ0v) is 28.6. The number of anilines is 3. The first-order valence-corrected chi connectivity index (χ1v) is 16.7. The summed E-state index contributed by atoms with van der Waals surface area (Å²) in [6, 6.07) is 43.9. The third kappa shape index (κ3) is 5.77. The van der Waals surface area contributed by atoms with E-state index in [4.69, 9.17) is 9.97 Å². The number of aryl methyl sites for hydroxylation is 6. The van der Waals surface area contributed by atoms with Crippen molar-refractivity contribution in [2.24, 2.45) is 0 Å². The molecule has 7 rings (SSSR count). The largest absolute Gasteiger partial charge is 0.279 e. The Morgan fingerprint density at radius 1 is 0.521 bits per heavy atom. The van der Waals surface area contributed by atoms with Crippen molar-refractivity contribution in [2.45, 2.75) is 47.5 Å². The van der Waals surface area contributed by atoms with Gasteiger partial charge in [-0.15, -0.1) is 0 Å². The maximum Gasteiger partial charge on any atom is 0.234 e. The number of aromatic nitrogens is 2. The van der Waals surface area contributed by atoms with Crippen molar-refractivity contribution < 1.29 is 0 Å². The standard InChI is InChI=1S/C45H41N3/c1-29-25-31(3)41(32(4)26-29)44(42-33(5)27-30(2)28-34(42)6)37-17-20-38(21-18-37)48(45-46-23-12-24-47-45)40-22-19-35-13-10-11-16-39(35)43(40)36-14-8-7-9-15-36/h7-28,44H,1-6H3. The summed E-state index contributed by atoms with van der Waals surface area (Å²) in [5, 5.41) is 2.38.